The van der Waals surface area contributed by atoms with Crippen LogP contribution in [0.4, 0.5) is 4.79 Å². The van der Waals surface area contributed by atoms with E-state index in [4.69, 9.17) is 4.74 Å². The Morgan fingerprint density at radius 3 is 2.60 bits per heavy atom. The molecule has 2 aliphatic rings. The van der Waals surface area contributed by atoms with Gasteiger partial charge >= 0.3 is 6.09 Å². The Morgan fingerprint density at radius 1 is 1.04 bits per heavy atom. The van der Waals surface area contributed by atoms with E-state index in [2.05, 4.69) is 34.1 Å². The molecule has 2 fully saturated rings. The quantitative estimate of drug-likeness (QED) is 0.860. The van der Waals surface area contributed by atoms with Crippen LogP contribution < -0.4 is 0 Å². The molecule has 1 amide bonds. The van der Waals surface area contributed by atoms with Crippen LogP contribution in [0.15, 0.2) is 54.9 Å². The summed E-state index contributed by atoms with van der Waals surface area (Å²) in [5.74, 6) is 0.426. The fourth-order valence-electron chi connectivity index (χ4n) is 3.84. The topological polar surface area (TPSA) is 45.7 Å². The molecule has 2 aromatic rings. The van der Waals surface area contributed by atoms with Crippen molar-refractivity contribution in [1.82, 2.24) is 14.8 Å². The summed E-state index contributed by atoms with van der Waals surface area (Å²) in [4.78, 5) is 20.8. The number of likely N-dealkylation sites (tertiary alicyclic amines) is 1. The number of fused-ring (bicyclic) bond motifs is 1. The first-order chi connectivity index (χ1) is 12.3. The minimum absolute atomic E-state index is 0.184. The molecule has 5 nitrogen and oxygen atoms in total. The van der Waals surface area contributed by atoms with Gasteiger partial charge in [0.2, 0.25) is 0 Å². The van der Waals surface area contributed by atoms with E-state index < -0.39 is 0 Å². The number of cyclic esters (lactones) is 1. The second-order valence-electron chi connectivity index (χ2n) is 6.90. The lowest BCUT2D eigenvalue weighted by Gasteiger charge is -2.46. The molecule has 4 rings (SSSR count). The molecule has 0 radical (unpaired) electrons. The maximum atomic E-state index is 12.4. The van der Waals surface area contributed by atoms with Crippen molar-refractivity contribution in [3.8, 4) is 0 Å². The molecule has 0 unspecified atom stereocenters. The van der Waals surface area contributed by atoms with Gasteiger partial charge in [0.05, 0.1) is 12.6 Å². The number of hydrogen-bond donors (Lipinski definition) is 0. The number of pyridine rings is 1. The van der Waals surface area contributed by atoms with Crippen LogP contribution >= 0.6 is 0 Å². The summed E-state index contributed by atoms with van der Waals surface area (Å²) in [5, 5.41) is 0. The summed E-state index contributed by atoms with van der Waals surface area (Å²) in [5.41, 5.74) is 2.41. The molecule has 2 aliphatic heterocycles. The van der Waals surface area contributed by atoms with Crippen molar-refractivity contribution in [3.05, 3.63) is 66.0 Å². The van der Waals surface area contributed by atoms with Gasteiger partial charge in [-0.25, -0.2) is 4.79 Å². The van der Waals surface area contributed by atoms with Gasteiger partial charge in [0, 0.05) is 37.9 Å². The number of ether oxygens (including phenoxy) is 1. The van der Waals surface area contributed by atoms with Crippen molar-refractivity contribution in [3.63, 3.8) is 0 Å². The van der Waals surface area contributed by atoms with Gasteiger partial charge in [-0.3, -0.25) is 14.8 Å². The summed E-state index contributed by atoms with van der Waals surface area (Å²) in [6.45, 7) is 4.01. The zero-order valence-corrected chi connectivity index (χ0v) is 14.3. The molecule has 3 heterocycles. The Balaban J connectivity index is 1.48. The van der Waals surface area contributed by atoms with Crippen LogP contribution in [0.3, 0.4) is 0 Å². The maximum Gasteiger partial charge on any atom is 0.410 e. The van der Waals surface area contributed by atoms with Gasteiger partial charge in [-0.2, -0.15) is 0 Å². The van der Waals surface area contributed by atoms with Gasteiger partial charge < -0.3 is 4.74 Å². The molecule has 1 aromatic carbocycles. The Hall–Kier alpha value is -2.40. The molecule has 2 saturated heterocycles. The largest absolute Gasteiger partial charge is 0.449 e. The highest BCUT2D eigenvalue weighted by atomic mass is 16.6. The smallest absolute Gasteiger partial charge is 0.410 e. The normalized spacial score (nSPS) is 23.8. The van der Waals surface area contributed by atoms with E-state index in [1.165, 1.54) is 5.56 Å². The maximum absolute atomic E-state index is 12.4. The third-order valence-corrected chi connectivity index (χ3v) is 5.21. The minimum atomic E-state index is -0.184. The number of amides is 1. The molecule has 0 saturated carbocycles. The summed E-state index contributed by atoms with van der Waals surface area (Å²) in [6, 6.07) is 14.5. The van der Waals surface area contributed by atoms with Crippen LogP contribution in [0.1, 0.15) is 17.5 Å². The van der Waals surface area contributed by atoms with E-state index in [0.29, 0.717) is 19.1 Å². The molecule has 1 aromatic heterocycles. The van der Waals surface area contributed by atoms with E-state index >= 15 is 0 Å². The Kier molecular flexibility index (Phi) is 4.65. The van der Waals surface area contributed by atoms with Gasteiger partial charge in [-0.1, -0.05) is 30.3 Å². The lowest BCUT2D eigenvalue weighted by Crippen LogP contribution is -2.58. The number of benzene rings is 1. The number of carbonyl (C=O) groups is 1. The van der Waals surface area contributed by atoms with E-state index in [1.807, 2.05) is 35.5 Å². The number of piperidine rings is 1. The molecular weight excluding hydrogens is 314 g/mol. The molecule has 0 spiro atoms. The Bertz CT molecular complexity index is 707. The van der Waals surface area contributed by atoms with Crippen molar-refractivity contribution in [1.29, 1.82) is 0 Å². The van der Waals surface area contributed by atoms with Gasteiger partial charge in [0.25, 0.3) is 0 Å². The third-order valence-electron chi connectivity index (χ3n) is 5.21. The molecule has 0 N–H and O–H groups in total. The summed E-state index contributed by atoms with van der Waals surface area (Å²) in [6.07, 6.45) is 4.55. The van der Waals surface area contributed by atoms with Crippen molar-refractivity contribution < 1.29 is 9.53 Å². The van der Waals surface area contributed by atoms with Crippen LogP contribution in [0.5, 0.6) is 0 Å². The summed E-state index contributed by atoms with van der Waals surface area (Å²) in [7, 11) is 0. The Morgan fingerprint density at radius 2 is 1.80 bits per heavy atom. The lowest BCUT2D eigenvalue weighted by molar-refractivity contribution is -0.0327. The second kappa shape index (κ2) is 7.23. The van der Waals surface area contributed by atoms with Crippen LogP contribution in [0.2, 0.25) is 0 Å². The molecular formula is C20H23N3O2. The first-order valence-electron chi connectivity index (χ1n) is 8.88. The van der Waals surface area contributed by atoms with Crippen molar-refractivity contribution in [2.45, 2.75) is 25.6 Å². The molecule has 25 heavy (non-hydrogen) atoms. The predicted molar refractivity (Wildman–Crippen MR) is 94.7 cm³/mol. The monoisotopic (exact) mass is 337 g/mol. The van der Waals surface area contributed by atoms with Crippen LogP contribution in [0.25, 0.3) is 0 Å². The van der Waals surface area contributed by atoms with E-state index in [0.717, 1.165) is 31.6 Å². The standard InChI is InChI=1S/C20H23N3O2/c24-20-23(13-16-4-2-1-3-5-16)19-14-22(11-8-18(19)15-25-20)12-17-6-9-21-10-7-17/h1-7,9-10,18-19H,8,11-15H2/t18-,19+/m0/s1. The molecule has 2 atom stereocenters. The van der Waals surface area contributed by atoms with Crippen LogP contribution in [-0.2, 0) is 17.8 Å². The fraction of sp³-hybridized carbons (Fsp3) is 0.400. The molecule has 130 valence electrons. The minimum Gasteiger partial charge on any atom is -0.449 e. The number of hydrogen-bond acceptors (Lipinski definition) is 4. The zero-order chi connectivity index (χ0) is 17.1. The van der Waals surface area contributed by atoms with E-state index in [1.54, 1.807) is 0 Å². The third kappa shape index (κ3) is 3.66. The second-order valence-corrected chi connectivity index (χ2v) is 6.90. The summed E-state index contributed by atoms with van der Waals surface area (Å²) < 4.78 is 5.45. The number of nitrogens with zero attached hydrogens (tertiary/aromatic N) is 3. The first kappa shape index (κ1) is 16.1. The van der Waals surface area contributed by atoms with Gasteiger partial charge in [-0.15, -0.1) is 0 Å². The number of carbonyl (C=O) groups excluding carboxylic acids is 1. The highest BCUT2D eigenvalue weighted by molar-refractivity contribution is 5.69. The van der Waals surface area contributed by atoms with Crippen LogP contribution in [-0.4, -0.2) is 46.6 Å². The predicted octanol–water partition coefficient (Wildman–Crippen LogP) is 2.92. The SMILES string of the molecule is O=C1OC[C@@H]2CCN(Cc3ccncc3)C[C@H]2N1Cc1ccccc1. The molecule has 5 heteroatoms. The molecule has 0 aliphatic carbocycles. The average molecular weight is 337 g/mol. The van der Waals surface area contributed by atoms with E-state index in [9.17, 15) is 4.79 Å². The number of aromatic nitrogens is 1. The average Bonchev–Trinajstić information content (AvgIpc) is 2.66. The highest BCUT2D eigenvalue weighted by Gasteiger charge is 2.40. The highest BCUT2D eigenvalue weighted by Crippen LogP contribution is 2.29. The van der Waals surface area contributed by atoms with Crippen molar-refractivity contribution in [2.24, 2.45) is 5.92 Å². The van der Waals surface area contributed by atoms with Crippen LogP contribution in [0, 0.1) is 5.92 Å². The van der Waals surface area contributed by atoms with Gasteiger partial charge in [-0.05, 0) is 36.2 Å². The van der Waals surface area contributed by atoms with Crippen molar-refractivity contribution >= 4 is 6.09 Å². The fourth-order valence-corrected chi connectivity index (χ4v) is 3.84. The van der Waals surface area contributed by atoms with Crippen molar-refractivity contribution in [2.75, 3.05) is 19.7 Å². The molecule has 0 bridgehead atoms. The first-order valence-corrected chi connectivity index (χ1v) is 8.88. The van der Waals surface area contributed by atoms with Gasteiger partial charge in [0.15, 0.2) is 0 Å². The Labute approximate surface area is 148 Å². The number of rotatable bonds is 4. The lowest BCUT2D eigenvalue weighted by atomic mass is 9.89. The van der Waals surface area contributed by atoms with Gasteiger partial charge in [0.1, 0.15) is 0 Å². The summed E-state index contributed by atoms with van der Waals surface area (Å²) >= 11 is 0. The zero-order valence-electron chi connectivity index (χ0n) is 14.3. The van der Waals surface area contributed by atoms with E-state index in [-0.39, 0.29) is 12.1 Å².